The minimum Gasteiger partial charge on any atom is -0.459 e. The Hall–Kier alpha value is -2.55. The molecule has 9 heteroatoms. The highest BCUT2D eigenvalue weighted by Gasteiger charge is 2.28. The molecule has 9 nitrogen and oxygen atoms in total. The molecule has 0 aliphatic carbocycles. The van der Waals surface area contributed by atoms with Gasteiger partial charge in [0.25, 0.3) is 11.4 Å². The van der Waals surface area contributed by atoms with Gasteiger partial charge in [0.05, 0.1) is 28.1 Å². The number of aliphatic hydroxyl groups excluding tert-OH is 1. The Labute approximate surface area is 113 Å². The Morgan fingerprint density at radius 1 is 1.25 bits per heavy atom. The van der Waals surface area contributed by atoms with E-state index in [4.69, 9.17) is 9.84 Å². The van der Waals surface area contributed by atoms with E-state index in [9.17, 15) is 25.0 Å². The average molecular weight is 284 g/mol. The second-order valence-corrected chi connectivity index (χ2v) is 4.12. The number of esters is 1. The summed E-state index contributed by atoms with van der Waals surface area (Å²) >= 11 is 0. The van der Waals surface area contributed by atoms with Gasteiger partial charge in [-0.3, -0.25) is 20.2 Å². The minimum atomic E-state index is -0.907. The number of hydrogen-bond donors (Lipinski definition) is 1. The first-order chi connectivity index (χ1) is 9.27. The lowest BCUT2D eigenvalue weighted by Gasteiger charge is -2.09. The number of nitro groups is 2. The zero-order valence-electron chi connectivity index (χ0n) is 10.7. The molecule has 0 saturated carbocycles. The zero-order valence-corrected chi connectivity index (χ0v) is 10.7. The van der Waals surface area contributed by atoms with Crippen molar-refractivity contribution in [1.82, 2.24) is 0 Å². The van der Waals surface area contributed by atoms with E-state index in [-0.39, 0.29) is 5.56 Å². The van der Waals surface area contributed by atoms with Gasteiger partial charge in [0, 0.05) is 12.1 Å². The smallest absolute Gasteiger partial charge is 0.338 e. The predicted molar refractivity (Wildman–Crippen MR) is 66.2 cm³/mol. The summed E-state index contributed by atoms with van der Waals surface area (Å²) in [5.41, 5.74) is -2.16. The molecule has 1 aromatic rings. The van der Waals surface area contributed by atoms with Crippen molar-refractivity contribution in [1.29, 1.82) is 0 Å². The van der Waals surface area contributed by atoms with Crippen molar-refractivity contribution in [3.8, 4) is 0 Å². The van der Waals surface area contributed by atoms with Crippen LogP contribution in [0.1, 0.15) is 29.8 Å². The highest BCUT2D eigenvalue weighted by molar-refractivity contribution is 5.91. The Kier molecular flexibility index (Phi) is 4.70. The molecule has 0 aliphatic rings. The molecule has 108 valence electrons. The van der Waals surface area contributed by atoms with Crippen LogP contribution in [0.4, 0.5) is 11.4 Å². The van der Waals surface area contributed by atoms with E-state index in [0.29, 0.717) is 0 Å². The van der Waals surface area contributed by atoms with Gasteiger partial charge in [-0.2, -0.15) is 0 Å². The van der Waals surface area contributed by atoms with Crippen molar-refractivity contribution in [2.75, 3.05) is 0 Å². The minimum absolute atomic E-state index is 0.311. The Balaban J connectivity index is 3.46. The van der Waals surface area contributed by atoms with Crippen LogP contribution in [-0.2, 0) is 11.3 Å². The molecule has 0 radical (unpaired) electrons. The maximum atomic E-state index is 11.7. The lowest BCUT2D eigenvalue weighted by Crippen LogP contribution is -2.13. The summed E-state index contributed by atoms with van der Waals surface area (Å²) in [4.78, 5) is 31.6. The third-order valence-corrected chi connectivity index (χ3v) is 2.33. The topological polar surface area (TPSA) is 133 Å². The third kappa shape index (κ3) is 3.26. The van der Waals surface area contributed by atoms with Crippen molar-refractivity contribution >= 4 is 17.3 Å². The van der Waals surface area contributed by atoms with Crippen molar-refractivity contribution < 1.29 is 24.5 Å². The number of rotatable bonds is 5. The molecule has 0 spiro atoms. The summed E-state index contributed by atoms with van der Waals surface area (Å²) in [5.74, 6) is -0.907. The zero-order chi connectivity index (χ0) is 15.4. The van der Waals surface area contributed by atoms with E-state index in [1.165, 1.54) is 0 Å². The van der Waals surface area contributed by atoms with E-state index in [1.807, 2.05) is 0 Å². The molecule has 1 N–H and O–H groups in total. The van der Waals surface area contributed by atoms with Crippen LogP contribution >= 0.6 is 0 Å². The molecule has 20 heavy (non-hydrogen) atoms. The summed E-state index contributed by atoms with van der Waals surface area (Å²) in [7, 11) is 0. The maximum Gasteiger partial charge on any atom is 0.338 e. The second kappa shape index (κ2) is 6.06. The number of ether oxygens (including phenoxy) is 1. The van der Waals surface area contributed by atoms with Gasteiger partial charge in [-0.05, 0) is 13.8 Å². The fraction of sp³-hybridized carbons (Fsp3) is 0.364. The molecule has 0 unspecified atom stereocenters. The number of hydrogen-bond acceptors (Lipinski definition) is 7. The number of nitro benzene ring substituents is 2. The molecular weight excluding hydrogens is 272 g/mol. The van der Waals surface area contributed by atoms with E-state index < -0.39 is 45.5 Å². The van der Waals surface area contributed by atoms with Crippen LogP contribution in [-0.4, -0.2) is 27.0 Å². The number of carbonyl (C=O) groups excluding carboxylic acids is 1. The Morgan fingerprint density at radius 2 is 1.70 bits per heavy atom. The van der Waals surface area contributed by atoms with Gasteiger partial charge in [0.1, 0.15) is 5.56 Å². The first kappa shape index (κ1) is 15.5. The van der Waals surface area contributed by atoms with Crippen LogP contribution in [0, 0.1) is 20.2 Å². The van der Waals surface area contributed by atoms with Crippen LogP contribution in [0.25, 0.3) is 0 Å². The van der Waals surface area contributed by atoms with E-state index >= 15 is 0 Å². The van der Waals surface area contributed by atoms with Crippen LogP contribution in [0.3, 0.4) is 0 Å². The van der Waals surface area contributed by atoms with Gasteiger partial charge in [-0.1, -0.05) is 0 Å². The molecule has 0 heterocycles. The molecular formula is C11H12N2O7. The van der Waals surface area contributed by atoms with Crippen LogP contribution in [0.2, 0.25) is 0 Å². The molecule has 0 bridgehead atoms. The van der Waals surface area contributed by atoms with Gasteiger partial charge in [0.2, 0.25) is 0 Å². The molecule has 1 rings (SSSR count). The molecule has 0 saturated heterocycles. The molecule has 0 aromatic heterocycles. The molecule has 0 amide bonds. The van der Waals surface area contributed by atoms with Gasteiger partial charge >= 0.3 is 5.97 Å². The van der Waals surface area contributed by atoms with Gasteiger partial charge in [-0.15, -0.1) is 0 Å². The summed E-state index contributed by atoms with van der Waals surface area (Å²) < 4.78 is 4.83. The second-order valence-electron chi connectivity index (χ2n) is 4.12. The SMILES string of the molecule is CC(C)OC(=O)c1cc([N+](=O)[O-])c(CO)c([N+](=O)[O-])c1. The first-order valence-electron chi connectivity index (χ1n) is 5.55. The number of carbonyl (C=O) groups is 1. The summed E-state index contributed by atoms with van der Waals surface area (Å²) in [5, 5.41) is 30.8. The van der Waals surface area contributed by atoms with Crippen LogP contribution in [0.15, 0.2) is 12.1 Å². The fourth-order valence-corrected chi connectivity index (χ4v) is 1.53. The summed E-state index contributed by atoms with van der Waals surface area (Å²) in [6, 6.07) is 1.70. The lowest BCUT2D eigenvalue weighted by atomic mass is 10.1. The largest absolute Gasteiger partial charge is 0.459 e. The fourth-order valence-electron chi connectivity index (χ4n) is 1.53. The Morgan fingerprint density at radius 3 is 2.00 bits per heavy atom. The Bertz CT molecular complexity index is 533. The molecule has 0 aliphatic heterocycles. The lowest BCUT2D eigenvalue weighted by molar-refractivity contribution is -0.396. The number of aliphatic hydroxyl groups is 1. The standard InChI is InChI=1S/C11H12N2O7/c1-6(2)20-11(15)7-3-9(12(16)17)8(5-14)10(4-7)13(18)19/h3-4,6,14H,5H2,1-2H3. The van der Waals surface area contributed by atoms with Gasteiger partial charge < -0.3 is 9.84 Å². The van der Waals surface area contributed by atoms with E-state index in [2.05, 4.69) is 0 Å². The van der Waals surface area contributed by atoms with Gasteiger partial charge in [-0.25, -0.2) is 4.79 Å². The highest BCUT2D eigenvalue weighted by Crippen LogP contribution is 2.30. The normalized spacial score (nSPS) is 10.4. The third-order valence-electron chi connectivity index (χ3n) is 2.33. The molecule has 0 atom stereocenters. The highest BCUT2D eigenvalue weighted by atomic mass is 16.6. The van der Waals surface area contributed by atoms with E-state index in [0.717, 1.165) is 12.1 Å². The van der Waals surface area contributed by atoms with Crippen LogP contribution < -0.4 is 0 Å². The number of nitrogens with zero attached hydrogens (tertiary/aromatic N) is 2. The predicted octanol–water partition coefficient (Wildman–Crippen LogP) is 1.56. The molecule has 0 fully saturated rings. The summed E-state index contributed by atoms with van der Waals surface area (Å²) in [6.07, 6.45) is -0.474. The number of benzene rings is 1. The maximum absolute atomic E-state index is 11.7. The quantitative estimate of drug-likeness (QED) is 0.492. The molecule has 1 aromatic carbocycles. The monoisotopic (exact) mass is 284 g/mol. The summed E-state index contributed by atoms with van der Waals surface area (Å²) in [6.45, 7) is 2.26. The van der Waals surface area contributed by atoms with Gasteiger partial charge in [0.15, 0.2) is 0 Å². The van der Waals surface area contributed by atoms with E-state index in [1.54, 1.807) is 13.8 Å². The van der Waals surface area contributed by atoms with Crippen molar-refractivity contribution in [3.05, 3.63) is 43.5 Å². The van der Waals surface area contributed by atoms with Crippen molar-refractivity contribution in [2.24, 2.45) is 0 Å². The van der Waals surface area contributed by atoms with Crippen molar-refractivity contribution in [2.45, 2.75) is 26.6 Å². The van der Waals surface area contributed by atoms with Crippen LogP contribution in [0.5, 0.6) is 0 Å². The first-order valence-corrected chi connectivity index (χ1v) is 5.55. The van der Waals surface area contributed by atoms with Crippen molar-refractivity contribution in [3.63, 3.8) is 0 Å². The average Bonchev–Trinajstić information content (AvgIpc) is 2.35.